The zero-order valence-corrected chi connectivity index (χ0v) is 16.8. The number of para-hydroxylation sites is 1. The second kappa shape index (κ2) is 7.85. The van der Waals surface area contributed by atoms with Crippen molar-refractivity contribution >= 4 is 40.6 Å². The first kappa shape index (κ1) is 20.6. The van der Waals surface area contributed by atoms with Crippen LogP contribution in [0.3, 0.4) is 0 Å². The third-order valence-electron chi connectivity index (χ3n) is 4.82. The number of halogens is 5. The van der Waals surface area contributed by atoms with E-state index in [2.05, 4.69) is 15.7 Å². The van der Waals surface area contributed by atoms with E-state index >= 15 is 0 Å². The first-order valence-corrected chi connectivity index (χ1v) is 9.72. The van der Waals surface area contributed by atoms with E-state index in [0.717, 1.165) is 4.68 Å². The molecule has 0 unspecified atom stereocenters. The van der Waals surface area contributed by atoms with E-state index in [-0.39, 0.29) is 17.9 Å². The van der Waals surface area contributed by atoms with Crippen LogP contribution in [0.1, 0.15) is 34.6 Å². The number of amides is 1. The van der Waals surface area contributed by atoms with Crippen LogP contribution in [0.25, 0.3) is 0 Å². The Bertz CT molecular complexity index is 1080. The molecule has 0 spiro atoms. The van der Waals surface area contributed by atoms with Gasteiger partial charge in [-0.2, -0.15) is 18.3 Å². The van der Waals surface area contributed by atoms with Crippen molar-refractivity contribution in [3.63, 3.8) is 0 Å². The molecule has 5 nitrogen and oxygen atoms in total. The number of benzene rings is 2. The standard InChI is InChI=1S/C20H15Cl2F3N4O/c21-12-7-5-11(6-8-12)15-9-17(20(23,24)25)29-18(26-15)10-16(28-29)19(30)27-14-4-2-1-3-13(14)22/h1-8,10,15,17,26H,9H2,(H,27,30)/t15-,17-/m0/s1. The maximum Gasteiger partial charge on any atom is 0.410 e. The third-order valence-corrected chi connectivity index (χ3v) is 5.40. The molecule has 3 aromatic rings. The molecule has 0 bridgehead atoms. The van der Waals surface area contributed by atoms with E-state index in [9.17, 15) is 18.0 Å². The van der Waals surface area contributed by atoms with Gasteiger partial charge in [0.2, 0.25) is 0 Å². The fraction of sp³-hybridized carbons (Fsp3) is 0.200. The van der Waals surface area contributed by atoms with E-state index in [0.29, 0.717) is 21.3 Å². The van der Waals surface area contributed by atoms with Crippen LogP contribution >= 0.6 is 23.2 Å². The smallest absolute Gasteiger partial charge is 0.363 e. The number of aromatic nitrogens is 2. The zero-order chi connectivity index (χ0) is 21.5. The lowest BCUT2D eigenvalue weighted by molar-refractivity contribution is -0.173. The van der Waals surface area contributed by atoms with Gasteiger partial charge in [0.1, 0.15) is 5.82 Å². The highest BCUT2D eigenvalue weighted by Crippen LogP contribution is 2.43. The maximum absolute atomic E-state index is 13.8. The molecule has 0 fully saturated rings. The lowest BCUT2D eigenvalue weighted by atomic mass is 9.97. The molecule has 2 aromatic carbocycles. The second-order valence-corrected chi connectivity index (χ2v) is 7.68. The van der Waals surface area contributed by atoms with E-state index in [4.69, 9.17) is 23.2 Å². The summed E-state index contributed by atoms with van der Waals surface area (Å²) in [5.41, 5.74) is 0.848. The van der Waals surface area contributed by atoms with Gasteiger partial charge < -0.3 is 10.6 Å². The molecule has 30 heavy (non-hydrogen) atoms. The number of hydrogen-bond donors (Lipinski definition) is 2. The first-order chi connectivity index (χ1) is 14.2. The molecule has 0 aliphatic carbocycles. The minimum Gasteiger partial charge on any atom is -0.363 e. The fourth-order valence-electron chi connectivity index (χ4n) is 3.35. The van der Waals surface area contributed by atoms with Crippen LogP contribution in [0, 0.1) is 0 Å². The van der Waals surface area contributed by atoms with Gasteiger partial charge in [0.15, 0.2) is 11.7 Å². The van der Waals surface area contributed by atoms with Crippen LogP contribution in [0.2, 0.25) is 10.0 Å². The molecule has 2 heterocycles. The summed E-state index contributed by atoms with van der Waals surface area (Å²) in [5.74, 6) is -0.552. The van der Waals surface area contributed by atoms with Crippen molar-refractivity contribution in [1.29, 1.82) is 0 Å². The fourth-order valence-corrected chi connectivity index (χ4v) is 3.66. The van der Waals surface area contributed by atoms with Gasteiger partial charge in [0.05, 0.1) is 16.8 Å². The Balaban J connectivity index is 1.65. The van der Waals surface area contributed by atoms with Gasteiger partial charge in [-0.25, -0.2) is 4.68 Å². The van der Waals surface area contributed by atoms with E-state index in [1.807, 2.05) is 0 Å². The number of hydrogen-bond acceptors (Lipinski definition) is 3. The molecule has 0 saturated carbocycles. The minimum atomic E-state index is -4.54. The van der Waals surface area contributed by atoms with Crippen molar-refractivity contribution in [2.45, 2.75) is 24.7 Å². The third kappa shape index (κ3) is 4.11. The highest BCUT2D eigenvalue weighted by Gasteiger charge is 2.46. The van der Waals surface area contributed by atoms with Crippen molar-refractivity contribution in [1.82, 2.24) is 9.78 Å². The number of carbonyl (C=O) groups is 1. The van der Waals surface area contributed by atoms with E-state index in [1.165, 1.54) is 6.07 Å². The molecule has 1 amide bonds. The topological polar surface area (TPSA) is 59.0 Å². The largest absolute Gasteiger partial charge is 0.410 e. The molecule has 1 aromatic heterocycles. The molecular weight excluding hydrogens is 440 g/mol. The summed E-state index contributed by atoms with van der Waals surface area (Å²) < 4.78 is 42.1. The summed E-state index contributed by atoms with van der Waals surface area (Å²) in [7, 11) is 0. The van der Waals surface area contributed by atoms with Gasteiger partial charge in [-0.15, -0.1) is 0 Å². The van der Waals surface area contributed by atoms with Crippen LogP contribution < -0.4 is 10.6 Å². The number of nitrogens with one attached hydrogen (secondary N) is 2. The Morgan fingerprint density at radius 3 is 2.50 bits per heavy atom. The second-order valence-electron chi connectivity index (χ2n) is 6.83. The van der Waals surface area contributed by atoms with Crippen molar-refractivity contribution in [3.05, 3.63) is 75.9 Å². The number of nitrogens with zero attached hydrogens (tertiary/aromatic N) is 2. The van der Waals surface area contributed by atoms with Gasteiger partial charge in [0, 0.05) is 17.5 Å². The molecule has 4 rings (SSSR count). The molecule has 1 aliphatic heterocycles. The Hall–Kier alpha value is -2.71. The number of carbonyl (C=O) groups excluding carboxylic acids is 1. The summed E-state index contributed by atoms with van der Waals surface area (Å²) in [4.78, 5) is 12.6. The Morgan fingerprint density at radius 1 is 1.13 bits per heavy atom. The monoisotopic (exact) mass is 454 g/mol. The molecule has 2 N–H and O–H groups in total. The number of anilines is 2. The van der Waals surface area contributed by atoms with Crippen LogP contribution in [0.15, 0.2) is 54.6 Å². The summed E-state index contributed by atoms with van der Waals surface area (Å²) >= 11 is 11.9. The van der Waals surface area contributed by atoms with Crippen LogP contribution in [0.4, 0.5) is 24.7 Å². The lowest BCUT2D eigenvalue weighted by Crippen LogP contribution is -2.35. The van der Waals surface area contributed by atoms with Gasteiger partial charge in [-0.1, -0.05) is 47.5 Å². The molecule has 0 saturated heterocycles. The van der Waals surface area contributed by atoms with Gasteiger partial charge >= 0.3 is 6.18 Å². The average Bonchev–Trinajstić information content (AvgIpc) is 3.13. The van der Waals surface area contributed by atoms with E-state index < -0.39 is 24.2 Å². The van der Waals surface area contributed by atoms with Crippen molar-refractivity contribution in [2.24, 2.45) is 0 Å². The average molecular weight is 455 g/mol. The van der Waals surface area contributed by atoms with Gasteiger partial charge in [-0.3, -0.25) is 4.79 Å². The van der Waals surface area contributed by atoms with Crippen LogP contribution in [-0.2, 0) is 0 Å². The van der Waals surface area contributed by atoms with Crippen LogP contribution in [-0.4, -0.2) is 21.9 Å². The van der Waals surface area contributed by atoms with E-state index in [1.54, 1.807) is 48.5 Å². The van der Waals surface area contributed by atoms with Crippen molar-refractivity contribution < 1.29 is 18.0 Å². The Kier molecular flexibility index (Phi) is 5.38. The number of rotatable bonds is 3. The highest BCUT2D eigenvalue weighted by molar-refractivity contribution is 6.33. The molecule has 1 aliphatic rings. The lowest BCUT2D eigenvalue weighted by Gasteiger charge is -2.33. The summed E-state index contributed by atoms with van der Waals surface area (Å²) in [6.45, 7) is 0. The minimum absolute atomic E-state index is 0.104. The molecule has 156 valence electrons. The molecular formula is C20H15Cl2F3N4O. The summed E-state index contributed by atoms with van der Waals surface area (Å²) in [6.07, 6.45) is -4.81. The Morgan fingerprint density at radius 2 is 1.83 bits per heavy atom. The quantitative estimate of drug-likeness (QED) is 0.502. The van der Waals surface area contributed by atoms with Crippen LogP contribution in [0.5, 0.6) is 0 Å². The molecule has 10 heteroatoms. The molecule has 0 radical (unpaired) electrons. The number of alkyl halides is 3. The zero-order valence-electron chi connectivity index (χ0n) is 15.3. The highest BCUT2D eigenvalue weighted by atomic mass is 35.5. The predicted molar refractivity (Wildman–Crippen MR) is 109 cm³/mol. The Labute approximate surface area is 179 Å². The normalized spacial score (nSPS) is 18.4. The summed E-state index contributed by atoms with van der Waals surface area (Å²) in [6, 6.07) is 11.9. The van der Waals surface area contributed by atoms with Gasteiger partial charge in [-0.05, 0) is 29.8 Å². The summed E-state index contributed by atoms with van der Waals surface area (Å²) in [5, 5.41) is 10.3. The SMILES string of the molecule is O=C(Nc1ccccc1Cl)c1cc2n(n1)[C@H](C(F)(F)F)C[C@@H](c1ccc(Cl)cc1)N2. The number of fused-ring (bicyclic) bond motifs is 1. The van der Waals surface area contributed by atoms with Crippen molar-refractivity contribution in [3.8, 4) is 0 Å². The molecule has 2 atom stereocenters. The predicted octanol–water partition coefficient (Wildman–Crippen LogP) is 6.10. The first-order valence-electron chi connectivity index (χ1n) is 8.96. The van der Waals surface area contributed by atoms with Gasteiger partial charge in [0.25, 0.3) is 5.91 Å². The van der Waals surface area contributed by atoms with Crippen molar-refractivity contribution in [2.75, 3.05) is 10.6 Å². The maximum atomic E-state index is 13.8.